The van der Waals surface area contributed by atoms with Crippen LogP contribution in [0.1, 0.15) is 21.5 Å². The van der Waals surface area contributed by atoms with Crippen molar-refractivity contribution in [1.29, 1.82) is 0 Å². The third-order valence-corrected chi connectivity index (χ3v) is 4.90. The fourth-order valence-electron chi connectivity index (χ4n) is 3.31. The summed E-state index contributed by atoms with van der Waals surface area (Å²) in [6.45, 7) is 3.90. The van der Waals surface area contributed by atoms with E-state index in [9.17, 15) is 4.79 Å². The largest absolute Gasteiger partial charge is 0.497 e. The van der Waals surface area contributed by atoms with Gasteiger partial charge in [0.2, 0.25) is 5.89 Å². The van der Waals surface area contributed by atoms with Gasteiger partial charge in [-0.25, -0.2) is 4.98 Å². The molecule has 0 fully saturated rings. The number of aromatic nitrogens is 1. The summed E-state index contributed by atoms with van der Waals surface area (Å²) >= 11 is 5.31. The average Bonchev–Trinajstić information content (AvgIpc) is 3.16. The second-order valence-corrected chi connectivity index (χ2v) is 7.62. The maximum atomic E-state index is 12.5. The van der Waals surface area contributed by atoms with Gasteiger partial charge < -0.3 is 14.5 Å². The molecule has 4 rings (SSSR count). The van der Waals surface area contributed by atoms with Gasteiger partial charge in [-0.3, -0.25) is 10.1 Å². The first-order chi connectivity index (χ1) is 14.9. The molecular weight excluding hydrogens is 410 g/mol. The standard InChI is InChI=1S/C24H21N3O3S/c1-14-10-15(2)12-17(11-14)22(28)27-24(31)25-18-6-9-21-20(13-18)26-23(30-21)16-4-7-19(29-3)8-5-16/h4-13H,1-3H3,(H2,25,27,28,31). The number of oxazole rings is 1. The Morgan fingerprint density at radius 1 is 1.00 bits per heavy atom. The van der Waals surface area contributed by atoms with Crippen molar-refractivity contribution in [2.75, 3.05) is 12.4 Å². The number of ether oxygens (including phenoxy) is 1. The Kier molecular flexibility index (Phi) is 5.68. The van der Waals surface area contributed by atoms with Gasteiger partial charge in [-0.2, -0.15) is 0 Å². The van der Waals surface area contributed by atoms with Crippen molar-refractivity contribution >= 4 is 40.0 Å². The minimum atomic E-state index is -0.256. The van der Waals surface area contributed by atoms with Crippen LogP contribution in [0.2, 0.25) is 0 Å². The molecule has 0 atom stereocenters. The zero-order chi connectivity index (χ0) is 22.0. The molecule has 3 aromatic carbocycles. The summed E-state index contributed by atoms with van der Waals surface area (Å²) in [5.74, 6) is 1.02. The van der Waals surface area contributed by atoms with Gasteiger partial charge >= 0.3 is 0 Å². The minimum absolute atomic E-state index is 0.211. The lowest BCUT2D eigenvalue weighted by atomic mass is 10.1. The summed E-state index contributed by atoms with van der Waals surface area (Å²) in [5.41, 5.74) is 5.50. The molecule has 1 heterocycles. The van der Waals surface area contributed by atoms with Crippen LogP contribution in [0, 0.1) is 13.8 Å². The van der Waals surface area contributed by atoms with E-state index in [1.165, 1.54) is 0 Å². The summed E-state index contributed by atoms with van der Waals surface area (Å²) in [6, 6.07) is 18.6. The number of thiocarbonyl (C=S) groups is 1. The fraction of sp³-hybridized carbons (Fsp3) is 0.125. The van der Waals surface area contributed by atoms with Crippen molar-refractivity contribution in [3.8, 4) is 17.2 Å². The number of hydrogen-bond donors (Lipinski definition) is 2. The van der Waals surface area contributed by atoms with E-state index in [0.717, 1.165) is 22.4 Å². The lowest BCUT2D eigenvalue weighted by molar-refractivity contribution is 0.0977. The van der Waals surface area contributed by atoms with Crippen molar-refractivity contribution < 1.29 is 13.9 Å². The van der Waals surface area contributed by atoms with Gasteiger partial charge in [-0.15, -0.1) is 0 Å². The molecule has 0 unspecified atom stereocenters. The molecule has 1 amide bonds. The Hall–Kier alpha value is -3.71. The van der Waals surface area contributed by atoms with Crippen LogP contribution in [-0.2, 0) is 0 Å². The zero-order valence-corrected chi connectivity index (χ0v) is 18.2. The van der Waals surface area contributed by atoms with E-state index in [1.807, 2.05) is 74.5 Å². The fourth-order valence-corrected chi connectivity index (χ4v) is 3.52. The molecule has 1 aromatic heterocycles. The molecule has 0 aliphatic carbocycles. The normalized spacial score (nSPS) is 10.7. The minimum Gasteiger partial charge on any atom is -0.497 e. The third-order valence-electron chi connectivity index (χ3n) is 4.69. The van der Waals surface area contributed by atoms with Crippen molar-refractivity contribution in [2.45, 2.75) is 13.8 Å². The van der Waals surface area contributed by atoms with Crippen LogP contribution in [0.25, 0.3) is 22.6 Å². The van der Waals surface area contributed by atoms with Gasteiger partial charge in [-0.05, 0) is 80.7 Å². The van der Waals surface area contributed by atoms with Crippen molar-refractivity contribution in [2.24, 2.45) is 0 Å². The summed E-state index contributed by atoms with van der Waals surface area (Å²) in [7, 11) is 1.62. The second kappa shape index (κ2) is 8.57. The van der Waals surface area contributed by atoms with E-state index >= 15 is 0 Å². The summed E-state index contributed by atoms with van der Waals surface area (Å²) in [5, 5.41) is 5.95. The number of rotatable bonds is 4. The van der Waals surface area contributed by atoms with E-state index in [1.54, 1.807) is 7.11 Å². The van der Waals surface area contributed by atoms with Crippen LogP contribution in [0.3, 0.4) is 0 Å². The van der Waals surface area contributed by atoms with E-state index < -0.39 is 0 Å². The molecule has 0 aliphatic heterocycles. The van der Waals surface area contributed by atoms with Crippen LogP contribution >= 0.6 is 12.2 Å². The molecule has 0 spiro atoms. The zero-order valence-electron chi connectivity index (χ0n) is 17.4. The van der Waals surface area contributed by atoms with E-state index in [-0.39, 0.29) is 11.0 Å². The molecule has 6 nitrogen and oxygen atoms in total. The van der Waals surface area contributed by atoms with Crippen LogP contribution in [-0.4, -0.2) is 23.1 Å². The number of benzene rings is 3. The Balaban J connectivity index is 1.48. The van der Waals surface area contributed by atoms with Gasteiger partial charge in [0.05, 0.1) is 7.11 Å². The third kappa shape index (κ3) is 4.73. The first kappa shape index (κ1) is 20.6. The van der Waals surface area contributed by atoms with Gasteiger partial charge in [-0.1, -0.05) is 17.2 Å². The van der Waals surface area contributed by atoms with E-state index in [4.69, 9.17) is 21.4 Å². The first-order valence-electron chi connectivity index (χ1n) is 9.67. The van der Waals surface area contributed by atoms with Crippen molar-refractivity contribution in [3.63, 3.8) is 0 Å². The average molecular weight is 432 g/mol. The molecule has 156 valence electrons. The summed E-state index contributed by atoms with van der Waals surface area (Å²) < 4.78 is 11.0. The second-order valence-electron chi connectivity index (χ2n) is 7.21. The summed E-state index contributed by atoms with van der Waals surface area (Å²) in [4.78, 5) is 17.0. The SMILES string of the molecule is COc1ccc(-c2nc3cc(NC(=S)NC(=O)c4cc(C)cc(C)c4)ccc3o2)cc1. The quantitative estimate of drug-likeness (QED) is 0.430. The Morgan fingerprint density at radius 3 is 2.39 bits per heavy atom. The van der Waals surface area contributed by atoms with Gasteiger partial charge in [0.1, 0.15) is 11.3 Å². The Bertz CT molecular complexity index is 1260. The Labute approximate surface area is 185 Å². The number of anilines is 1. The lowest BCUT2D eigenvalue weighted by Gasteiger charge is -2.10. The predicted octanol–water partition coefficient (Wildman–Crippen LogP) is 5.25. The topological polar surface area (TPSA) is 76.4 Å². The van der Waals surface area contributed by atoms with Gasteiger partial charge in [0.15, 0.2) is 10.7 Å². The maximum Gasteiger partial charge on any atom is 0.257 e. The molecule has 0 radical (unpaired) electrons. The Morgan fingerprint density at radius 2 is 1.71 bits per heavy atom. The highest BCUT2D eigenvalue weighted by molar-refractivity contribution is 7.80. The van der Waals surface area contributed by atoms with Crippen molar-refractivity contribution in [3.05, 3.63) is 77.4 Å². The molecule has 0 aliphatic rings. The molecule has 0 saturated heterocycles. The van der Waals surface area contributed by atoms with Gasteiger partial charge in [0, 0.05) is 16.8 Å². The molecule has 4 aromatic rings. The highest BCUT2D eigenvalue weighted by atomic mass is 32.1. The monoisotopic (exact) mass is 431 g/mol. The maximum absolute atomic E-state index is 12.5. The van der Waals surface area contributed by atoms with Crippen LogP contribution < -0.4 is 15.4 Å². The number of amides is 1. The highest BCUT2D eigenvalue weighted by Gasteiger charge is 2.12. The smallest absolute Gasteiger partial charge is 0.257 e. The van der Waals surface area contributed by atoms with Gasteiger partial charge in [0.25, 0.3) is 5.91 Å². The molecular formula is C24H21N3O3S. The van der Waals surface area contributed by atoms with Crippen LogP contribution in [0.15, 0.2) is 65.1 Å². The molecule has 0 bridgehead atoms. The number of carbonyl (C=O) groups excluding carboxylic acids is 1. The van der Waals surface area contributed by atoms with Crippen LogP contribution in [0.5, 0.6) is 5.75 Å². The molecule has 2 N–H and O–H groups in total. The number of fused-ring (bicyclic) bond motifs is 1. The van der Waals surface area contributed by atoms with E-state index in [0.29, 0.717) is 28.2 Å². The number of aryl methyl sites for hydroxylation is 2. The predicted molar refractivity (Wildman–Crippen MR) is 126 cm³/mol. The number of nitrogens with one attached hydrogen (secondary N) is 2. The van der Waals surface area contributed by atoms with Crippen molar-refractivity contribution in [1.82, 2.24) is 10.3 Å². The number of methoxy groups -OCH3 is 1. The number of nitrogens with zero attached hydrogens (tertiary/aromatic N) is 1. The molecule has 7 heteroatoms. The number of carbonyl (C=O) groups is 1. The summed E-state index contributed by atoms with van der Waals surface area (Å²) in [6.07, 6.45) is 0. The van der Waals surface area contributed by atoms with E-state index in [2.05, 4.69) is 15.6 Å². The molecule has 0 saturated carbocycles. The van der Waals surface area contributed by atoms with Crippen LogP contribution in [0.4, 0.5) is 5.69 Å². The molecule has 31 heavy (non-hydrogen) atoms. The number of hydrogen-bond acceptors (Lipinski definition) is 5. The first-order valence-corrected chi connectivity index (χ1v) is 10.1. The lowest BCUT2D eigenvalue weighted by Crippen LogP contribution is -2.34. The highest BCUT2D eigenvalue weighted by Crippen LogP contribution is 2.27.